The van der Waals surface area contributed by atoms with Crippen LogP contribution in [0.2, 0.25) is 0 Å². The fourth-order valence-electron chi connectivity index (χ4n) is 3.58. The predicted molar refractivity (Wildman–Crippen MR) is 125 cm³/mol. The molecular weight excluding hydrogens is 410 g/mol. The minimum absolute atomic E-state index is 0.00136. The van der Waals surface area contributed by atoms with E-state index in [1.807, 2.05) is 35.4 Å². The van der Waals surface area contributed by atoms with Gasteiger partial charge in [-0.1, -0.05) is 48.5 Å². The van der Waals surface area contributed by atoms with Gasteiger partial charge < -0.3 is 15.0 Å². The normalized spacial score (nSPS) is 15.3. The van der Waals surface area contributed by atoms with Gasteiger partial charge in [-0.15, -0.1) is 0 Å². The summed E-state index contributed by atoms with van der Waals surface area (Å²) in [6, 6.07) is 19.1. The summed E-state index contributed by atoms with van der Waals surface area (Å²) in [5.41, 5.74) is 1.28. The largest absolute Gasteiger partial charge is 0.484 e. The highest BCUT2D eigenvalue weighted by atomic mass is 32.2. The highest BCUT2D eigenvalue weighted by Gasteiger charge is 2.28. The Morgan fingerprint density at radius 2 is 1.65 bits per heavy atom. The molecule has 0 aromatic heterocycles. The number of ether oxygens (including phenoxy) is 1. The van der Waals surface area contributed by atoms with Crippen molar-refractivity contribution >= 4 is 23.6 Å². The first-order valence-corrected chi connectivity index (χ1v) is 12.1. The molecule has 1 atom stereocenters. The Labute approximate surface area is 188 Å². The predicted octanol–water partition coefficient (Wildman–Crippen LogP) is 2.65. The third kappa shape index (κ3) is 7.60. The van der Waals surface area contributed by atoms with Crippen molar-refractivity contribution in [2.24, 2.45) is 0 Å². The van der Waals surface area contributed by atoms with Crippen molar-refractivity contribution in [2.45, 2.75) is 19.0 Å². The van der Waals surface area contributed by atoms with E-state index in [1.165, 1.54) is 5.56 Å². The van der Waals surface area contributed by atoms with E-state index in [2.05, 4.69) is 34.5 Å². The standard InChI is InChI=1S/C24H31N3O3S/c1-31-17-12-22(25-23(28)19-30-21-10-6-3-7-11-21)24(29)27-15-13-26(14-16-27)18-20-8-4-2-5-9-20/h2-11,22H,12-19H2,1H3,(H,25,28). The molecule has 1 aliphatic heterocycles. The zero-order valence-corrected chi connectivity index (χ0v) is 18.9. The number of hydrogen-bond acceptors (Lipinski definition) is 5. The van der Waals surface area contributed by atoms with Gasteiger partial charge in [0, 0.05) is 32.7 Å². The van der Waals surface area contributed by atoms with Crippen molar-refractivity contribution in [3.8, 4) is 5.75 Å². The summed E-state index contributed by atoms with van der Waals surface area (Å²) in [7, 11) is 0. The van der Waals surface area contributed by atoms with E-state index < -0.39 is 6.04 Å². The van der Waals surface area contributed by atoms with Gasteiger partial charge >= 0.3 is 0 Å². The molecule has 0 bridgehead atoms. The molecule has 1 N–H and O–H groups in total. The highest BCUT2D eigenvalue weighted by molar-refractivity contribution is 7.98. The van der Waals surface area contributed by atoms with E-state index in [0.717, 1.165) is 25.4 Å². The van der Waals surface area contributed by atoms with Crippen LogP contribution < -0.4 is 10.1 Å². The SMILES string of the molecule is CSCCC(NC(=O)COc1ccccc1)C(=O)N1CCN(Cc2ccccc2)CC1. The average molecular weight is 442 g/mol. The summed E-state index contributed by atoms with van der Waals surface area (Å²) in [6.07, 6.45) is 2.62. The van der Waals surface area contributed by atoms with Crippen LogP contribution in [0.5, 0.6) is 5.75 Å². The van der Waals surface area contributed by atoms with Gasteiger partial charge in [0.25, 0.3) is 5.91 Å². The van der Waals surface area contributed by atoms with Crippen molar-refractivity contribution in [2.75, 3.05) is 44.8 Å². The maximum absolute atomic E-state index is 13.1. The number of hydrogen-bond donors (Lipinski definition) is 1. The molecule has 1 aliphatic rings. The lowest BCUT2D eigenvalue weighted by Crippen LogP contribution is -2.55. The number of nitrogens with one attached hydrogen (secondary N) is 1. The van der Waals surface area contributed by atoms with Crippen LogP contribution >= 0.6 is 11.8 Å². The number of para-hydroxylation sites is 1. The molecule has 2 aromatic carbocycles. The number of carbonyl (C=O) groups excluding carboxylic acids is 2. The van der Waals surface area contributed by atoms with Gasteiger partial charge in [-0.05, 0) is 36.1 Å². The van der Waals surface area contributed by atoms with Crippen molar-refractivity contribution < 1.29 is 14.3 Å². The van der Waals surface area contributed by atoms with Gasteiger partial charge in [-0.3, -0.25) is 14.5 Å². The van der Waals surface area contributed by atoms with Crippen molar-refractivity contribution in [3.05, 3.63) is 66.2 Å². The number of benzene rings is 2. The second-order valence-electron chi connectivity index (χ2n) is 7.59. The molecular formula is C24H31N3O3S. The molecule has 1 unspecified atom stereocenters. The zero-order chi connectivity index (χ0) is 21.9. The lowest BCUT2D eigenvalue weighted by Gasteiger charge is -2.36. The molecule has 1 fully saturated rings. The van der Waals surface area contributed by atoms with Crippen LogP contribution in [0.4, 0.5) is 0 Å². The maximum atomic E-state index is 13.1. The van der Waals surface area contributed by atoms with Crippen molar-refractivity contribution in [3.63, 3.8) is 0 Å². The molecule has 0 saturated carbocycles. The second kappa shape index (κ2) is 12.4. The van der Waals surface area contributed by atoms with E-state index in [4.69, 9.17) is 4.74 Å². The first-order chi connectivity index (χ1) is 15.2. The lowest BCUT2D eigenvalue weighted by atomic mass is 10.1. The van der Waals surface area contributed by atoms with E-state index >= 15 is 0 Å². The van der Waals surface area contributed by atoms with Gasteiger partial charge in [-0.25, -0.2) is 0 Å². The lowest BCUT2D eigenvalue weighted by molar-refractivity contribution is -0.138. The Balaban J connectivity index is 1.49. The van der Waals surface area contributed by atoms with Gasteiger partial charge in [-0.2, -0.15) is 11.8 Å². The molecule has 0 radical (unpaired) electrons. The van der Waals surface area contributed by atoms with Crippen molar-refractivity contribution in [1.82, 2.24) is 15.1 Å². The van der Waals surface area contributed by atoms with Crippen LogP contribution in [-0.4, -0.2) is 72.5 Å². The van der Waals surface area contributed by atoms with Gasteiger partial charge in [0.05, 0.1) is 0 Å². The highest BCUT2D eigenvalue weighted by Crippen LogP contribution is 2.12. The van der Waals surface area contributed by atoms with Crippen LogP contribution in [-0.2, 0) is 16.1 Å². The summed E-state index contributed by atoms with van der Waals surface area (Å²) in [4.78, 5) is 29.8. The summed E-state index contributed by atoms with van der Waals surface area (Å²) in [5, 5.41) is 2.89. The molecule has 3 rings (SSSR count). The minimum Gasteiger partial charge on any atom is -0.484 e. The molecule has 2 aromatic rings. The summed E-state index contributed by atoms with van der Waals surface area (Å²) in [5.74, 6) is 1.18. The van der Waals surface area contributed by atoms with Crippen LogP contribution in [0.25, 0.3) is 0 Å². The number of amides is 2. The number of piperazine rings is 1. The summed E-state index contributed by atoms with van der Waals surface area (Å²) < 4.78 is 5.52. The quantitative estimate of drug-likeness (QED) is 0.614. The van der Waals surface area contributed by atoms with Crippen LogP contribution in [0.3, 0.4) is 0 Å². The zero-order valence-electron chi connectivity index (χ0n) is 18.0. The Hall–Kier alpha value is -2.51. The number of nitrogens with zero attached hydrogens (tertiary/aromatic N) is 2. The monoisotopic (exact) mass is 441 g/mol. The van der Waals surface area contributed by atoms with E-state index in [-0.39, 0.29) is 18.4 Å². The Morgan fingerprint density at radius 3 is 2.29 bits per heavy atom. The Kier molecular flexibility index (Phi) is 9.24. The Bertz CT molecular complexity index is 811. The third-order valence-electron chi connectivity index (χ3n) is 5.29. The third-order valence-corrected chi connectivity index (χ3v) is 5.93. The van der Waals surface area contributed by atoms with Gasteiger partial charge in [0.1, 0.15) is 11.8 Å². The molecule has 2 amide bonds. The fraction of sp³-hybridized carbons (Fsp3) is 0.417. The summed E-state index contributed by atoms with van der Waals surface area (Å²) in [6.45, 7) is 3.82. The molecule has 6 nitrogen and oxygen atoms in total. The van der Waals surface area contributed by atoms with E-state index in [1.54, 1.807) is 23.9 Å². The summed E-state index contributed by atoms with van der Waals surface area (Å²) >= 11 is 1.67. The maximum Gasteiger partial charge on any atom is 0.258 e. The molecule has 7 heteroatoms. The smallest absolute Gasteiger partial charge is 0.258 e. The van der Waals surface area contributed by atoms with Crippen LogP contribution in [0.1, 0.15) is 12.0 Å². The van der Waals surface area contributed by atoms with E-state index in [0.29, 0.717) is 25.3 Å². The second-order valence-corrected chi connectivity index (χ2v) is 8.58. The van der Waals surface area contributed by atoms with Crippen LogP contribution in [0.15, 0.2) is 60.7 Å². The van der Waals surface area contributed by atoms with Crippen molar-refractivity contribution in [1.29, 1.82) is 0 Å². The average Bonchev–Trinajstić information content (AvgIpc) is 2.82. The van der Waals surface area contributed by atoms with Gasteiger partial charge in [0.15, 0.2) is 6.61 Å². The van der Waals surface area contributed by atoms with Gasteiger partial charge in [0.2, 0.25) is 5.91 Å². The Morgan fingerprint density at radius 1 is 1.00 bits per heavy atom. The first kappa shape index (κ1) is 23.2. The molecule has 0 spiro atoms. The first-order valence-electron chi connectivity index (χ1n) is 10.7. The molecule has 31 heavy (non-hydrogen) atoms. The number of carbonyl (C=O) groups is 2. The minimum atomic E-state index is -0.514. The number of rotatable bonds is 10. The number of thioether (sulfide) groups is 1. The molecule has 166 valence electrons. The van der Waals surface area contributed by atoms with Crippen LogP contribution in [0, 0.1) is 0 Å². The molecule has 1 heterocycles. The molecule has 1 saturated heterocycles. The van der Waals surface area contributed by atoms with E-state index in [9.17, 15) is 9.59 Å². The topological polar surface area (TPSA) is 61.9 Å². The fourth-order valence-corrected chi connectivity index (χ4v) is 4.05. The molecule has 0 aliphatic carbocycles.